The number of nitrogens with zero attached hydrogens (tertiary/aromatic N) is 5. The molecule has 0 saturated carbocycles. The van der Waals surface area contributed by atoms with Gasteiger partial charge < -0.3 is 0 Å². The van der Waals surface area contributed by atoms with Crippen LogP contribution >= 0.6 is 12.2 Å². The van der Waals surface area contributed by atoms with Crippen LogP contribution in [-0.2, 0) is 13.2 Å². The summed E-state index contributed by atoms with van der Waals surface area (Å²) in [6.07, 6.45) is 0. The van der Waals surface area contributed by atoms with E-state index in [1.165, 1.54) is 5.56 Å². The molecule has 3 aromatic rings. The third-order valence-electron chi connectivity index (χ3n) is 3.91. The van der Waals surface area contributed by atoms with Crippen LogP contribution in [0.3, 0.4) is 0 Å². The fourth-order valence-electron chi connectivity index (χ4n) is 2.77. The maximum Gasteiger partial charge on any atom is 0.252 e. The third kappa shape index (κ3) is 3.33. The van der Waals surface area contributed by atoms with Gasteiger partial charge in [0.15, 0.2) is 0 Å². The lowest BCUT2D eigenvalue weighted by molar-refractivity contribution is 0.202. The van der Waals surface area contributed by atoms with Crippen LogP contribution in [-0.4, -0.2) is 30.6 Å². The second-order valence-electron chi connectivity index (χ2n) is 5.72. The van der Waals surface area contributed by atoms with E-state index in [1.54, 1.807) is 0 Å². The van der Waals surface area contributed by atoms with E-state index in [-0.39, 0.29) is 0 Å². The molecule has 0 spiro atoms. The summed E-state index contributed by atoms with van der Waals surface area (Å²) in [7, 11) is 0. The predicted octanol–water partition coefficient (Wildman–Crippen LogP) is 3.36. The fourth-order valence-corrected chi connectivity index (χ4v) is 3.00. The van der Waals surface area contributed by atoms with Crippen LogP contribution < -0.4 is 0 Å². The molecule has 6 heteroatoms. The van der Waals surface area contributed by atoms with Crippen LogP contribution in [0.4, 0.5) is 0 Å². The van der Waals surface area contributed by atoms with Gasteiger partial charge in [0.25, 0.3) is 5.78 Å². The molecule has 5 nitrogen and oxygen atoms in total. The van der Waals surface area contributed by atoms with Crippen molar-refractivity contribution in [2.45, 2.75) is 34.0 Å². The van der Waals surface area contributed by atoms with Crippen LogP contribution in [0.25, 0.3) is 5.78 Å². The van der Waals surface area contributed by atoms with Gasteiger partial charge in [0.2, 0.25) is 4.77 Å². The molecule has 2 aromatic heterocycles. The summed E-state index contributed by atoms with van der Waals surface area (Å²) in [6, 6.07) is 12.5. The number of hydrogen-bond donors (Lipinski definition) is 0. The minimum atomic E-state index is 0.567. The zero-order chi connectivity index (χ0) is 16.4. The number of rotatable bonds is 5. The summed E-state index contributed by atoms with van der Waals surface area (Å²) < 4.78 is 4.58. The zero-order valence-electron chi connectivity index (χ0n) is 13.7. The lowest BCUT2D eigenvalue weighted by Gasteiger charge is -2.22. The summed E-state index contributed by atoms with van der Waals surface area (Å²) in [5, 5.41) is 0. The largest absolute Gasteiger partial charge is 0.280 e. The maximum absolute atomic E-state index is 5.45. The number of benzene rings is 1. The van der Waals surface area contributed by atoms with E-state index < -0.39 is 0 Å². The molecule has 0 aliphatic heterocycles. The smallest absolute Gasteiger partial charge is 0.252 e. The summed E-state index contributed by atoms with van der Waals surface area (Å²) in [4.78, 5) is 11.2. The maximum atomic E-state index is 5.45. The lowest BCUT2D eigenvalue weighted by atomic mass is 10.2. The molecule has 0 radical (unpaired) electrons. The normalized spacial score (nSPS) is 11.5. The van der Waals surface area contributed by atoms with Crippen molar-refractivity contribution in [3.05, 3.63) is 58.1 Å². The molecule has 0 fully saturated rings. The van der Waals surface area contributed by atoms with Crippen molar-refractivity contribution in [2.24, 2.45) is 0 Å². The molecule has 0 bridgehead atoms. The predicted molar refractivity (Wildman–Crippen MR) is 93.8 cm³/mol. The van der Waals surface area contributed by atoms with Crippen molar-refractivity contribution in [3.63, 3.8) is 0 Å². The number of hydrogen-bond acceptors (Lipinski definition) is 4. The van der Waals surface area contributed by atoms with Crippen molar-refractivity contribution in [1.82, 2.24) is 24.1 Å². The summed E-state index contributed by atoms with van der Waals surface area (Å²) >= 11 is 5.45. The standard InChI is InChI=1S/C17H21N5S/c1-4-20(11-15-8-6-5-7-9-15)12-21-17(23)19-16-18-13(2)10-14(3)22(16)21/h5-10H,4,11-12H2,1-3H3. The highest BCUT2D eigenvalue weighted by Gasteiger charge is 2.12. The molecule has 23 heavy (non-hydrogen) atoms. The average molecular weight is 327 g/mol. The average Bonchev–Trinajstić information content (AvgIpc) is 2.83. The first-order valence-corrected chi connectivity index (χ1v) is 8.19. The van der Waals surface area contributed by atoms with Crippen LogP contribution in [0.5, 0.6) is 0 Å². The second-order valence-corrected chi connectivity index (χ2v) is 6.08. The van der Waals surface area contributed by atoms with E-state index in [2.05, 4.69) is 53.0 Å². The molecule has 0 atom stereocenters. The Morgan fingerprint density at radius 2 is 1.87 bits per heavy atom. The van der Waals surface area contributed by atoms with Crippen molar-refractivity contribution < 1.29 is 0 Å². The van der Waals surface area contributed by atoms with Crippen LogP contribution in [0.1, 0.15) is 23.9 Å². The van der Waals surface area contributed by atoms with E-state index in [4.69, 9.17) is 12.2 Å². The molecule has 1 aromatic carbocycles. The molecule has 0 aliphatic rings. The van der Waals surface area contributed by atoms with Crippen molar-refractivity contribution in [1.29, 1.82) is 0 Å². The monoisotopic (exact) mass is 327 g/mol. The SMILES string of the molecule is CCN(Cc1ccccc1)Cn1c(=S)nc2nc(C)cc(C)n21. The number of aromatic nitrogens is 4. The number of fused-ring (bicyclic) bond motifs is 1. The lowest BCUT2D eigenvalue weighted by Crippen LogP contribution is -2.28. The minimum Gasteiger partial charge on any atom is -0.280 e. The van der Waals surface area contributed by atoms with Crippen molar-refractivity contribution in [3.8, 4) is 0 Å². The quantitative estimate of drug-likeness (QED) is 0.674. The Labute approximate surface area is 141 Å². The van der Waals surface area contributed by atoms with Gasteiger partial charge in [0.1, 0.15) is 0 Å². The topological polar surface area (TPSA) is 38.4 Å². The van der Waals surface area contributed by atoms with Gasteiger partial charge in [-0.2, -0.15) is 4.98 Å². The van der Waals surface area contributed by atoms with Crippen LogP contribution in [0.2, 0.25) is 0 Å². The first-order chi connectivity index (χ1) is 11.1. The molecular formula is C17H21N5S. The Kier molecular flexibility index (Phi) is 4.54. The molecular weight excluding hydrogens is 306 g/mol. The zero-order valence-corrected chi connectivity index (χ0v) is 14.5. The summed E-state index contributed by atoms with van der Waals surface area (Å²) in [5.41, 5.74) is 3.34. The van der Waals surface area contributed by atoms with Gasteiger partial charge >= 0.3 is 0 Å². The van der Waals surface area contributed by atoms with E-state index >= 15 is 0 Å². The van der Waals surface area contributed by atoms with E-state index in [9.17, 15) is 0 Å². The molecule has 3 rings (SSSR count). The first-order valence-electron chi connectivity index (χ1n) is 7.78. The Bertz CT molecular complexity index is 866. The Hall–Kier alpha value is -2.05. The highest BCUT2D eigenvalue weighted by Crippen LogP contribution is 2.10. The van der Waals surface area contributed by atoms with Crippen molar-refractivity contribution >= 4 is 18.0 Å². The van der Waals surface area contributed by atoms with Gasteiger partial charge in [-0.15, -0.1) is 0 Å². The molecule has 120 valence electrons. The molecule has 0 unspecified atom stereocenters. The third-order valence-corrected chi connectivity index (χ3v) is 4.21. The second kappa shape index (κ2) is 6.60. The van der Waals surface area contributed by atoms with Gasteiger partial charge in [-0.1, -0.05) is 37.3 Å². The van der Waals surface area contributed by atoms with E-state index in [0.717, 1.165) is 24.5 Å². The molecule has 0 aliphatic carbocycles. The van der Waals surface area contributed by atoms with Gasteiger partial charge in [0, 0.05) is 17.9 Å². The van der Waals surface area contributed by atoms with Gasteiger partial charge in [0.05, 0.1) is 6.67 Å². The number of aryl methyl sites for hydroxylation is 2. The van der Waals surface area contributed by atoms with Crippen LogP contribution in [0, 0.1) is 18.6 Å². The first kappa shape index (κ1) is 15.8. The Balaban J connectivity index is 1.93. The van der Waals surface area contributed by atoms with E-state index in [1.807, 2.05) is 28.3 Å². The van der Waals surface area contributed by atoms with Crippen LogP contribution in [0.15, 0.2) is 36.4 Å². The molecule has 2 heterocycles. The highest BCUT2D eigenvalue weighted by molar-refractivity contribution is 7.71. The highest BCUT2D eigenvalue weighted by atomic mass is 32.1. The summed E-state index contributed by atoms with van der Waals surface area (Å²) in [6.45, 7) is 8.69. The molecule has 0 saturated heterocycles. The van der Waals surface area contributed by atoms with E-state index in [0.29, 0.717) is 17.2 Å². The Morgan fingerprint density at radius 3 is 2.57 bits per heavy atom. The van der Waals surface area contributed by atoms with Crippen molar-refractivity contribution in [2.75, 3.05) is 6.54 Å². The fraction of sp³-hybridized carbons (Fsp3) is 0.353. The van der Waals surface area contributed by atoms with Gasteiger partial charge in [-0.25, -0.2) is 14.2 Å². The Morgan fingerprint density at radius 1 is 1.13 bits per heavy atom. The summed E-state index contributed by atoms with van der Waals surface area (Å²) in [5.74, 6) is 0.670. The minimum absolute atomic E-state index is 0.567. The van der Waals surface area contributed by atoms with Gasteiger partial charge in [-0.05, 0) is 44.2 Å². The molecule has 0 amide bonds. The molecule has 0 N–H and O–H groups in total. The van der Waals surface area contributed by atoms with Gasteiger partial charge in [-0.3, -0.25) is 4.90 Å².